The van der Waals surface area contributed by atoms with E-state index in [-0.39, 0.29) is 11.3 Å². The molecule has 140 valence electrons. The molecule has 3 N–H and O–H groups in total. The van der Waals surface area contributed by atoms with E-state index in [1.165, 1.54) is 12.3 Å². The third kappa shape index (κ3) is 4.37. The minimum atomic E-state index is -4.60. The Labute approximate surface area is 148 Å². The summed E-state index contributed by atoms with van der Waals surface area (Å²) in [5.74, 6) is -2.48. The number of H-pyrrole nitrogens is 1. The van der Waals surface area contributed by atoms with Crippen LogP contribution in [0.15, 0.2) is 30.7 Å². The number of hydrogen-bond acceptors (Lipinski definition) is 5. The number of primary amides is 1. The first-order valence-electron chi connectivity index (χ1n) is 7.40. The Morgan fingerprint density at radius 3 is 2.74 bits per heavy atom. The van der Waals surface area contributed by atoms with E-state index in [0.29, 0.717) is 16.7 Å². The van der Waals surface area contributed by atoms with Crippen LogP contribution in [0.2, 0.25) is 0 Å². The Bertz CT molecular complexity index is 1030. The summed E-state index contributed by atoms with van der Waals surface area (Å²) in [7, 11) is 0. The van der Waals surface area contributed by atoms with Gasteiger partial charge in [-0.05, 0) is 12.1 Å². The monoisotopic (exact) mass is 381 g/mol. The molecule has 3 aromatic heterocycles. The first-order chi connectivity index (χ1) is 12.7. The summed E-state index contributed by atoms with van der Waals surface area (Å²) < 4.78 is 54.8. The maximum Gasteiger partial charge on any atom is 0.422 e. The molecule has 3 heterocycles. The van der Waals surface area contributed by atoms with Crippen LogP contribution in [-0.4, -0.2) is 38.6 Å². The first kappa shape index (κ1) is 18.3. The number of hydrogen-bond donors (Lipinski definition) is 2. The van der Waals surface area contributed by atoms with Crippen LogP contribution in [0, 0.1) is 5.82 Å². The van der Waals surface area contributed by atoms with E-state index in [0.717, 1.165) is 18.3 Å². The second kappa shape index (κ2) is 7.02. The molecule has 3 aromatic rings. The number of rotatable bonds is 5. The van der Waals surface area contributed by atoms with Gasteiger partial charge in [0.05, 0.1) is 11.9 Å². The van der Waals surface area contributed by atoms with Gasteiger partial charge in [-0.25, -0.2) is 19.3 Å². The largest absolute Gasteiger partial charge is 0.466 e. The van der Waals surface area contributed by atoms with Gasteiger partial charge in [0.2, 0.25) is 5.91 Å². The average Bonchev–Trinajstić information content (AvgIpc) is 3.00. The number of fused-ring (bicyclic) bond motifs is 1. The van der Waals surface area contributed by atoms with Gasteiger partial charge in [-0.1, -0.05) is 0 Å². The second-order valence-corrected chi connectivity index (χ2v) is 5.35. The van der Waals surface area contributed by atoms with Crippen molar-refractivity contribution in [2.75, 3.05) is 6.61 Å². The van der Waals surface area contributed by atoms with Gasteiger partial charge in [-0.2, -0.15) is 13.2 Å². The number of aromatic amines is 1. The fraction of sp³-hybridized carbons (Fsp3) is 0.125. The topological polar surface area (TPSA) is 107 Å². The summed E-state index contributed by atoms with van der Waals surface area (Å²) in [6.45, 7) is -1.65. The van der Waals surface area contributed by atoms with Crippen molar-refractivity contribution >= 4 is 23.1 Å². The number of halogens is 4. The average molecular weight is 381 g/mol. The highest BCUT2D eigenvalue weighted by atomic mass is 19.4. The molecule has 7 nitrogen and oxygen atoms in total. The Morgan fingerprint density at radius 2 is 2.07 bits per heavy atom. The van der Waals surface area contributed by atoms with Crippen LogP contribution in [-0.2, 0) is 4.79 Å². The normalized spacial score (nSPS) is 12.0. The van der Waals surface area contributed by atoms with Crippen molar-refractivity contribution in [1.29, 1.82) is 0 Å². The molecule has 1 amide bonds. The molecule has 0 atom stereocenters. The van der Waals surface area contributed by atoms with Crippen molar-refractivity contribution in [2.45, 2.75) is 6.18 Å². The van der Waals surface area contributed by atoms with Gasteiger partial charge < -0.3 is 15.5 Å². The highest BCUT2D eigenvalue weighted by Gasteiger charge is 2.29. The van der Waals surface area contributed by atoms with Crippen LogP contribution in [0.25, 0.3) is 28.5 Å². The molecule has 0 fully saturated rings. The fourth-order valence-corrected chi connectivity index (χ4v) is 2.17. The van der Waals surface area contributed by atoms with Crippen molar-refractivity contribution in [3.8, 4) is 17.1 Å². The highest BCUT2D eigenvalue weighted by molar-refractivity contribution is 5.93. The predicted molar refractivity (Wildman–Crippen MR) is 86.9 cm³/mol. The van der Waals surface area contributed by atoms with Gasteiger partial charge in [0.15, 0.2) is 18.1 Å². The number of ether oxygens (including phenoxy) is 1. The quantitative estimate of drug-likeness (QED) is 0.522. The zero-order chi connectivity index (χ0) is 19.6. The van der Waals surface area contributed by atoms with Gasteiger partial charge in [0, 0.05) is 29.6 Å². The Hall–Kier alpha value is -3.50. The number of aromatic nitrogens is 4. The lowest BCUT2D eigenvalue weighted by atomic mass is 10.2. The first-order valence-corrected chi connectivity index (χ1v) is 7.40. The molecule has 0 bridgehead atoms. The van der Waals surface area contributed by atoms with E-state index in [1.54, 1.807) is 6.20 Å². The minimum Gasteiger partial charge on any atom is -0.466 e. The highest BCUT2D eigenvalue weighted by Crippen LogP contribution is 2.25. The predicted octanol–water partition coefficient (Wildman–Crippen LogP) is 2.60. The van der Waals surface area contributed by atoms with Gasteiger partial charge >= 0.3 is 6.18 Å². The van der Waals surface area contributed by atoms with Gasteiger partial charge in [-0.3, -0.25) is 4.79 Å². The van der Waals surface area contributed by atoms with Crippen LogP contribution in [0.1, 0.15) is 5.56 Å². The molecular formula is C16H11F4N5O2. The molecule has 0 saturated carbocycles. The number of nitrogens with zero attached hydrogens (tertiary/aromatic N) is 3. The minimum absolute atomic E-state index is 0.187. The van der Waals surface area contributed by atoms with E-state index in [9.17, 15) is 22.4 Å². The molecule has 0 saturated heterocycles. The van der Waals surface area contributed by atoms with Crippen molar-refractivity contribution in [1.82, 2.24) is 19.9 Å². The number of amides is 1. The smallest absolute Gasteiger partial charge is 0.422 e. The van der Waals surface area contributed by atoms with Gasteiger partial charge in [0.1, 0.15) is 5.52 Å². The molecule has 0 spiro atoms. The number of carbonyl (C=O) groups is 1. The SMILES string of the molecule is NC(=O)/C=C/c1c[nH]c2ncc(-c3cnc(OCC(F)(F)F)c(F)c3)nc12. The molecule has 0 aliphatic rings. The molecule has 0 aliphatic carbocycles. The van der Waals surface area contributed by atoms with E-state index < -0.39 is 30.4 Å². The summed E-state index contributed by atoms with van der Waals surface area (Å²) >= 11 is 0. The standard InChI is InChI=1S/C16H11F4N5O2/c17-10-3-9(5-24-15(10)27-7-16(18,19)20)11-6-23-14-13(25-11)8(4-22-14)1-2-12(21)26/h1-6H,7H2,(H2,21,26)(H,22,23)/b2-1+. The summed E-state index contributed by atoms with van der Waals surface area (Å²) in [5.41, 5.74) is 6.80. The van der Waals surface area contributed by atoms with E-state index in [4.69, 9.17) is 5.73 Å². The number of alkyl halides is 3. The van der Waals surface area contributed by atoms with E-state index in [2.05, 4.69) is 24.7 Å². The number of nitrogens with one attached hydrogen (secondary N) is 1. The Balaban J connectivity index is 1.92. The van der Waals surface area contributed by atoms with Crippen LogP contribution in [0.3, 0.4) is 0 Å². The molecule has 0 unspecified atom stereocenters. The zero-order valence-electron chi connectivity index (χ0n) is 13.4. The molecule has 0 aromatic carbocycles. The van der Waals surface area contributed by atoms with Crippen LogP contribution in [0.5, 0.6) is 5.88 Å². The lowest BCUT2D eigenvalue weighted by Crippen LogP contribution is -2.20. The van der Waals surface area contributed by atoms with Gasteiger partial charge in [-0.15, -0.1) is 0 Å². The summed E-state index contributed by atoms with van der Waals surface area (Å²) in [5, 5.41) is 0. The zero-order valence-corrected chi connectivity index (χ0v) is 13.4. The molecule has 27 heavy (non-hydrogen) atoms. The lowest BCUT2D eigenvalue weighted by Gasteiger charge is -2.09. The van der Waals surface area contributed by atoms with Crippen LogP contribution in [0.4, 0.5) is 17.6 Å². The van der Waals surface area contributed by atoms with Crippen molar-refractivity contribution in [2.24, 2.45) is 5.73 Å². The third-order valence-electron chi connectivity index (χ3n) is 3.31. The van der Waals surface area contributed by atoms with Crippen LogP contribution < -0.4 is 10.5 Å². The molecular weight excluding hydrogens is 370 g/mol. The Kier molecular flexibility index (Phi) is 4.75. The van der Waals surface area contributed by atoms with E-state index >= 15 is 0 Å². The van der Waals surface area contributed by atoms with Crippen molar-refractivity contribution < 1.29 is 27.1 Å². The summed E-state index contributed by atoms with van der Waals surface area (Å²) in [6.07, 6.45) is 1.99. The van der Waals surface area contributed by atoms with E-state index in [1.807, 2.05) is 0 Å². The third-order valence-corrected chi connectivity index (χ3v) is 3.31. The number of nitrogens with two attached hydrogens (primary N) is 1. The van der Waals surface area contributed by atoms with Crippen molar-refractivity contribution in [3.63, 3.8) is 0 Å². The van der Waals surface area contributed by atoms with Crippen LogP contribution >= 0.6 is 0 Å². The fourth-order valence-electron chi connectivity index (χ4n) is 2.17. The summed E-state index contributed by atoms with van der Waals surface area (Å²) in [4.78, 5) is 25.7. The number of pyridine rings is 1. The van der Waals surface area contributed by atoms with Gasteiger partial charge in [0.25, 0.3) is 5.88 Å². The summed E-state index contributed by atoms with van der Waals surface area (Å²) in [6, 6.07) is 0.945. The maximum atomic E-state index is 14.0. The lowest BCUT2D eigenvalue weighted by molar-refractivity contribution is -0.154. The second-order valence-electron chi connectivity index (χ2n) is 5.35. The van der Waals surface area contributed by atoms with Crippen molar-refractivity contribution in [3.05, 3.63) is 42.1 Å². The molecule has 0 radical (unpaired) electrons. The number of carbonyl (C=O) groups excluding carboxylic acids is 1. The molecule has 11 heteroatoms. The molecule has 0 aliphatic heterocycles. The molecule has 3 rings (SSSR count). The Morgan fingerprint density at radius 1 is 1.30 bits per heavy atom. The maximum absolute atomic E-state index is 14.0.